The molecule has 2 rings (SSSR count). The molecule has 0 fully saturated rings. The van der Waals surface area contributed by atoms with Gasteiger partial charge in [0.1, 0.15) is 17.7 Å². The highest BCUT2D eigenvalue weighted by atomic mass is 16.6. The number of carbonyl (C=O) groups is 1. The van der Waals surface area contributed by atoms with E-state index < -0.39 is 10.7 Å². The lowest BCUT2D eigenvalue weighted by Gasteiger charge is -2.06. The fourth-order valence-corrected chi connectivity index (χ4v) is 2.00. The number of benzene rings is 1. The third-order valence-corrected chi connectivity index (χ3v) is 3.09. The Morgan fingerprint density at radius 2 is 2.09 bits per heavy atom. The van der Waals surface area contributed by atoms with Crippen LogP contribution in [-0.2, 0) is 7.05 Å². The third kappa shape index (κ3) is 3.54. The third-order valence-electron chi connectivity index (χ3n) is 3.09. The van der Waals surface area contributed by atoms with E-state index in [4.69, 9.17) is 9.47 Å². The topological polar surface area (TPSA) is 96.5 Å². The summed E-state index contributed by atoms with van der Waals surface area (Å²) in [5, 5.41) is 14.8. The molecule has 0 N–H and O–H groups in total. The number of methoxy groups -OCH3 is 2. The molecule has 0 spiro atoms. The van der Waals surface area contributed by atoms with Gasteiger partial charge in [-0.3, -0.25) is 19.6 Å². The quantitative estimate of drug-likeness (QED) is 0.351. The summed E-state index contributed by atoms with van der Waals surface area (Å²) in [5.74, 6) is 0.578. The average molecular weight is 317 g/mol. The number of nitrogens with zero attached hydrogens (tertiary/aromatic N) is 3. The molecule has 1 aromatic carbocycles. The normalized spacial score (nSPS) is 10.7. The molecule has 0 saturated carbocycles. The Kier molecular flexibility index (Phi) is 4.75. The Morgan fingerprint density at radius 3 is 2.70 bits per heavy atom. The molecule has 0 bridgehead atoms. The highest BCUT2D eigenvalue weighted by Gasteiger charge is 2.23. The summed E-state index contributed by atoms with van der Waals surface area (Å²) in [7, 11) is 4.54. The second-order valence-corrected chi connectivity index (χ2v) is 4.60. The van der Waals surface area contributed by atoms with Gasteiger partial charge in [0, 0.05) is 12.6 Å². The minimum Gasteiger partial charge on any atom is -0.497 e. The summed E-state index contributed by atoms with van der Waals surface area (Å²) in [6.07, 6.45) is 3.90. The van der Waals surface area contributed by atoms with E-state index in [1.165, 1.54) is 44.3 Å². The smallest absolute Gasteiger partial charge is 0.318 e. The van der Waals surface area contributed by atoms with E-state index in [1.807, 2.05) is 0 Å². The van der Waals surface area contributed by atoms with Gasteiger partial charge in [-0.15, -0.1) is 0 Å². The van der Waals surface area contributed by atoms with Gasteiger partial charge in [0.2, 0.25) is 11.5 Å². The number of ketones is 1. The Labute approximate surface area is 132 Å². The lowest BCUT2D eigenvalue weighted by Crippen LogP contribution is -2.01. The summed E-state index contributed by atoms with van der Waals surface area (Å²) in [6.45, 7) is 0. The van der Waals surface area contributed by atoms with E-state index >= 15 is 0 Å². The monoisotopic (exact) mass is 317 g/mol. The van der Waals surface area contributed by atoms with Crippen molar-refractivity contribution in [2.75, 3.05) is 14.2 Å². The molecular formula is C15H15N3O5. The number of ether oxygens (including phenoxy) is 2. The molecule has 120 valence electrons. The SMILES string of the molecule is COc1ccc(OC)c(/C=C/C(=O)c2nn(C)cc2[N+](=O)[O-])c1. The molecule has 0 atom stereocenters. The van der Waals surface area contributed by atoms with Gasteiger partial charge < -0.3 is 9.47 Å². The number of hydrogen-bond donors (Lipinski definition) is 0. The molecule has 8 heteroatoms. The Morgan fingerprint density at radius 1 is 1.35 bits per heavy atom. The first-order valence-electron chi connectivity index (χ1n) is 6.58. The number of rotatable bonds is 6. The van der Waals surface area contributed by atoms with E-state index in [0.29, 0.717) is 17.1 Å². The van der Waals surface area contributed by atoms with E-state index in [9.17, 15) is 14.9 Å². The van der Waals surface area contributed by atoms with Crippen molar-refractivity contribution >= 4 is 17.5 Å². The zero-order valence-corrected chi connectivity index (χ0v) is 12.8. The van der Waals surface area contributed by atoms with Gasteiger partial charge in [-0.2, -0.15) is 5.10 Å². The maximum Gasteiger partial charge on any atom is 0.318 e. The lowest BCUT2D eigenvalue weighted by atomic mass is 10.1. The summed E-state index contributed by atoms with van der Waals surface area (Å²) >= 11 is 0. The van der Waals surface area contributed by atoms with Crippen LogP contribution in [-0.4, -0.2) is 34.7 Å². The van der Waals surface area contributed by atoms with Crippen molar-refractivity contribution in [1.29, 1.82) is 0 Å². The molecule has 0 unspecified atom stereocenters. The zero-order chi connectivity index (χ0) is 17.0. The van der Waals surface area contributed by atoms with Gasteiger partial charge in [-0.25, -0.2) is 0 Å². The molecule has 1 aromatic heterocycles. The van der Waals surface area contributed by atoms with Gasteiger partial charge >= 0.3 is 5.69 Å². The predicted octanol–water partition coefficient (Wildman–Crippen LogP) is 2.24. The van der Waals surface area contributed by atoms with Crippen molar-refractivity contribution < 1.29 is 19.2 Å². The standard InChI is InChI=1S/C15H15N3O5/c1-17-9-12(18(20)21)15(16-17)13(19)6-4-10-8-11(22-2)5-7-14(10)23-3/h4-9H,1-3H3/b6-4+. The fourth-order valence-electron chi connectivity index (χ4n) is 2.00. The van der Waals surface area contributed by atoms with Crippen molar-refractivity contribution in [3.05, 3.63) is 51.8 Å². The van der Waals surface area contributed by atoms with Crippen LogP contribution in [0.25, 0.3) is 6.08 Å². The van der Waals surface area contributed by atoms with E-state index in [1.54, 1.807) is 18.2 Å². The van der Waals surface area contributed by atoms with Crippen LogP contribution in [0, 0.1) is 10.1 Å². The molecule has 0 radical (unpaired) electrons. The van der Waals surface area contributed by atoms with Gasteiger partial charge in [-0.05, 0) is 30.4 Å². The first-order chi connectivity index (χ1) is 11.0. The molecule has 0 aliphatic rings. The largest absolute Gasteiger partial charge is 0.497 e. The second kappa shape index (κ2) is 6.73. The van der Waals surface area contributed by atoms with Crippen molar-refractivity contribution in [2.45, 2.75) is 0 Å². The van der Waals surface area contributed by atoms with Gasteiger partial charge in [0.15, 0.2) is 0 Å². The molecular weight excluding hydrogens is 302 g/mol. The predicted molar refractivity (Wildman–Crippen MR) is 82.8 cm³/mol. The maximum atomic E-state index is 12.2. The van der Waals surface area contributed by atoms with Crippen molar-refractivity contribution in [3.8, 4) is 11.5 Å². The van der Waals surface area contributed by atoms with Crippen LogP contribution in [0.15, 0.2) is 30.5 Å². The van der Waals surface area contributed by atoms with E-state index in [2.05, 4.69) is 5.10 Å². The molecule has 0 amide bonds. The highest BCUT2D eigenvalue weighted by molar-refractivity contribution is 6.08. The summed E-state index contributed by atoms with van der Waals surface area (Å²) < 4.78 is 11.6. The Hall–Kier alpha value is -3.16. The minimum atomic E-state index is -0.639. The van der Waals surface area contributed by atoms with Crippen molar-refractivity contribution in [1.82, 2.24) is 9.78 Å². The second-order valence-electron chi connectivity index (χ2n) is 4.60. The molecule has 2 aromatic rings. The molecule has 0 aliphatic carbocycles. The van der Waals surface area contributed by atoms with Crippen LogP contribution in [0.4, 0.5) is 5.69 Å². The van der Waals surface area contributed by atoms with Crippen LogP contribution in [0.3, 0.4) is 0 Å². The lowest BCUT2D eigenvalue weighted by molar-refractivity contribution is -0.385. The Balaban J connectivity index is 2.33. The number of aryl methyl sites for hydroxylation is 1. The number of hydrogen-bond acceptors (Lipinski definition) is 6. The molecule has 1 heterocycles. The zero-order valence-electron chi connectivity index (χ0n) is 12.8. The van der Waals surface area contributed by atoms with Crippen LogP contribution >= 0.6 is 0 Å². The fraction of sp³-hybridized carbons (Fsp3) is 0.200. The molecule has 0 aliphatic heterocycles. The van der Waals surface area contributed by atoms with Crippen molar-refractivity contribution in [3.63, 3.8) is 0 Å². The minimum absolute atomic E-state index is 0.212. The first kappa shape index (κ1) is 16.2. The Bertz CT molecular complexity index is 779. The van der Waals surface area contributed by atoms with Crippen LogP contribution < -0.4 is 9.47 Å². The number of carbonyl (C=O) groups excluding carboxylic acids is 1. The summed E-state index contributed by atoms with van der Waals surface area (Å²) in [6, 6.07) is 5.11. The van der Waals surface area contributed by atoms with Gasteiger partial charge in [-0.1, -0.05) is 0 Å². The highest BCUT2D eigenvalue weighted by Crippen LogP contribution is 2.25. The van der Waals surface area contributed by atoms with E-state index in [0.717, 1.165) is 0 Å². The summed E-state index contributed by atoms with van der Waals surface area (Å²) in [5.41, 5.74) is 0.0640. The number of aromatic nitrogens is 2. The first-order valence-corrected chi connectivity index (χ1v) is 6.58. The average Bonchev–Trinajstić information content (AvgIpc) is 2.94. The van der Waals surface area contributed by atoms with Crippen molar-refractivity contribution in [2.24, 2.45) is 7.05 Å². The van der Waals surface area contributed by atoms with Crippen LogP contribution in [0.5, 0.6) is 11.5 Å². The maximum absolute atomic E-state index is 12.2. The summed E-state index contributed by atoms with van der Waals surface area (Å²) in [4.78, 5) is 22.5. The number of nitro groups is 1. The molecule has 23 heavy (non-hydrogen) atoms. The van der Waals surface area contributed by atoms with Crippen LogP contribution in [0.2, 0.25) is 0 Å². The van der Waals surface area contributed by atoms with Gasteiger partial charge in [0.05, 0.1) is 19.1 Å². The molecule has 0 saturated heterocycles. The van der Waals surface area contributed by atoms with E-state index in [-0.39, 0.29) is 11.4 Å². The number of allylic oxidation sites excluding steroid dienone is 1. The van der Waals surface area contributed by atoms with Crippen LogP contribution in [0.1, 0.15) is 16.1 Å². The van der Waals surface area contributed by atoms with Gasteiger partial charge in [0.25, 0.3) is 0 Å². The molecule has 8 nitrogen and oxygen atoms in total.